The lowest BCUT2D eigenvalue weighted by atomic mass is 10.2. The highest BCUT2D eigenvalue weighted by molar-refractivity contribution is 5.96. The van der Waals surface area contributed by atoms with E-state index in [1.807, 2.05) is 38.1 Å². The molecule has 1 heterocycles. The average molecular weight is 334 g/mol. The minimum Gasteiger partial charge on any atom is -0.495 e. The summed E-state index contributed by atoms with van der Waals surface area (Å²) in [6, 6.07) is 7.15. The van der Waals surface area contributed by atoms with Gasteiger partial charge in [0.15, 0.2) is 0 Å². The quantitative estimate of drug-likeness (QED) is 0.842. The summed E-state index contributed by atoms with van der Waals surface area (Å²) in [6.45, 7) is 7.24. The minimum absolute atomic E-state index is 0.272. The second kappa shape index (κ2) is 8.54. The van der Waals surface area contributed by atoms with Crippen molar-refractivity contribution in [1.82, 2.24) is 15.5 Å². The zero-order valence-electron chi connectivity index (χ0n) is 14.5. The van der Waals surface area contributed by atoms with E-state index in [1.165, 1.54) is 0 Å². The van der Waals surface area contributed by atoms with Crippen LogP contribution < -0.4 is 20.3 Å². The molecule has 1 unspecified atom stereocenters. The molecule has 7 heteroatoms. The summed E-state index contributed by atoms with van der Waals surface area (Å²) in [5.74, 6) is 0.583. The largest absolute Gasteiger partial charge is 0.495 e. The number of piperazine rings is 1. The second-order valence-corrected chi connectivity index (χ2v) is 5.72. The Morgan fingerprint density at radius 2 is 1.88 bits per heavy atom. The van der Waals surface area contributed by atoms with Crippen molar-refractivity contribution < 1.29 is 14.3 Å². The number of methoxy groups -OCH3 is 1. The Kier molecular flexibility index (Phi) is 6.43. The van der Waals surface area contributed by atoms with Crippen LogP contribution in [0.15, 0.2) is 24.3 Å². The van der Waals surface area contributed by atoms with Gasteiger partial charge in [0.05, 0.1) is 18.8 Å². The summed E-state index contributed by atoms with van der Waals surface area (Å²) in [5.41, 5.74) is 1.07. The molecule has 0 aliphatic carbocycles. The predicted molar refractivity (Wildman–Crippen MR) is 93.5 cm³/mol. The average Bonchev–Trinajstić information content (AvgIpc) is 2.61. The Morgan fingerprint density at radius 3 is 2.50 bits per heavy atom. The zero-order valence-corrected chi connectivity index (χ0v) is 14.5. The molecule has 1 aromatic rings. The van der Waals surface area contributed by atoms with E-state index < -0.39 is 6.03 Å². The predicted octanol–water partition coefficient (Wildman–Crippen LogP) is 1.05. The number of ether oxygens (including phenoxy) is 1. The molecule has 0 radical (unpaired) electrons. The third-order valence-electron chi connectivity index (χ3n) is 4.24. The van der Waals surface area contributed by atoms with Crippen molar-refractivity contribution in [1.29, 1.82) is 0 Å². The molecule has 0 saturated carbocycles. The molecule has 0 bridgehead atoms. The number of nitrogens with one attached hydrogen (secondary N) is 2. The Labute approximate surface area is 142 Å². The van der Waals surface area contributed by atoms with Crippen LogP contribution >= 0.6 is 0 Å². The number of imide groups is 1. The van der Waals surface area contributed by atoms with Crippen LogP contribution in [-0.4, -0.2) is 62.7 Å². The molecular weight excluding hydrogens is 308 g/mol. The molecule has 3 amide bonds. The number of para-hydroxylation sites is 2. The van der Waals surface area contributed by atoms with Gasteiger partial charge in [-0.15, -0.1) is 0 Å². The fourth-order valence-electron chi connectivity index (χ4n) is 2.83. The van der Waals surface area contributed by atoms with E-state index in [9.17, 15) is 9.59 Å². The number of amides is 3. The number of carbonyl (C=O) groups is 2. The Morgan fingerprint density at radius 1 is 1.21 bits per heavy atom. The monoisotopic (exact) mass is 334 g/mol. The first kappa shape index (κ1) is 18.1. The van der Waals surface area contributed by atoms with Gasteiger partial charge in [-0.05, 0) is 26.0 Å². The molecule has 2 N–H and O–H groups in total. The van der Waals surface area contributed by atoms with Crippen LogP contribution in [0.2, 0.25) is 0 Å². The first-order valence-electron chi connectivity index (χ1n) is 8.27. The highest BCUT2D eigenvalue weighted by atomic mass is 16.5. The van der Waals surface area contributed by atoms with Gasteiger partial charge < -0.3 is 15.0 Å². The van der Waals surface area contributed by atoms with E-state index in [-0.39, 0.29) is 11.9 Å². The molecule has 1 fully saturated rings. The summed E-state index contributed by atoms with van der Waals surface area (Å²) < 4.78 is 5.41. The number of hydrogen-bond donors (Lipinski definition) is 2. The maximum absolute atomic E-state index is 12.1. The molecule has 7 nitrogen and oxygen atoms in total. The second-order valence-electron chi connectivity index (χ2n) is 5.72. The van der Waals surface area contributed by atoms with Gasteiger partial charge in [-0.2, -0.15) is 0 Å². The fourth-order valence-corrected chi connectivity index (χ4v) is 2.83. The third-order valence-corrected chi connectivity index (χ3v) is 4.24. The van der Waals surface area contributed by atoms with Gasteiger partial charge in [0.25, 0.3) is 0 Å². The SMILES string of the molecule is CCNC(=O)NC(=O)C(C)N1CCN(c2ccccc2OC)CC1. The third kappa shape index (κ3) is 4.38. The highest BCUT2D eigenvalue weighted by Crippen LogP contribution is 2.28. The van der Waals surface area contributed by atoms with Crippen LogP contribution in [0.4, 0.5) is 10.5 Å². The van der Waals surface area contributed by atoms with Gasteiger partial charge in [-0.25, -0.2) is 4.79 Å². The fraction of sp³-hybridized carbons (Fsp3) is 0.529. The maximum Gasteiger partial charge on any atom is 0.321 e. The van der Waals surface area contributed by atoms with E-state index >= 15 is 0 Å². The van der Waals surface area contributed by atoms with E-state index in [2.05, 4.69) is 20.4 Å². The van der Waals surface area contributed by atoms with Crippen LogP contribution in [-0.2, 0) is 4.79 Å². The van der Waals surface area contributed by atoms with Crippen molar-refractivity contribution >= 4 is 17.6 Å². The summed E-state index contributed by atoms with van der Waals surface area (Å²) in [5, 5.41) is 4.94. The normalized spacial score (nSPS) is 16.4. The Hall–Kier alpha value is -2.28. The number of rotatable bonds is 5. The molecule has 24 heavy (non-hydrogen) atoms. The number of benzene rings is 1. The van der Waals surface area contributed by atoms with Gasteiger partial charge in [0.2, 0.25) is 5.91 Å². The summed E-state index contributed by atoms with van der Waals surface area (Å²) in [4.78, 5) is 27.9. The first-order valence-corrected chi connectivity index (χ1v) is 8.27. The molecule has 0 aromatic heterocycles. The Bertz CT molecular complexity index is 571. The van der Waals surface area contributed by atoms with Crippen molar-refractivity contribution in [3.8, 4) is 5.75 Å². The lowest BCUT2D eigenvalue weighted by molar-refractivity contribution is -0.124. The number of hydrogen-bond acceptors (Lipinski definition) is 5. The van der Waals surface area contributed by atoms with Gasteiger partial charge in [0, 0.05) is 32.7 Å². The van der Waals surface area contributed by atoms with E-state index in [0.29, 0.717) is 6.54 Å². The van der Waals surface area contributed by atoms with Gasteiger partial charge >= 0.3 is 6.03 Å². The van der Waals surface area contributed by atoms with E-state index in [1.54, 1.807) is 7.11 Å². The van der Waals surface area contributed by atoms with Crippen molar-refractivity contribution in [2.45, 2.75) is 19.9 Å². The van der Waals surface area contributed by atoms with Gasteiger partial charge in [-0.1, -0.05) is 12.1 Å². The molecule has 1 aliphatic heterocycles. The number of nitrogens with zero attached hydrogens (tertiary/aromatic N) is 2. The molecule has 1 aromatic carbocycles. The highest BCUT2D eigenvalue weighted by Gasteiger charge is 2.27. The molecular formula is C17H26N4O3. The number of anilines is 1. The summed E-state index contributed by atoms with van der Waals surface area (Å²) in [6.07, 6.45) is 0. The topological polar surface area (TPSA) is 73.9 Å². The molecule has 1 saturated heterocycles. The summed E-state index contributed by atoms with van der Waals surface area (Å²) >= 11 is 0. The molecule has 0 spiro atoms. The van der Waals surface area contributed by atoms with Crippen molar-refractivity contribution in [3.63, 3.8) is 0 Å². The van der Waals surface area contributed by atoms with E-state index in [4.69, 9.17) is 4.74 Å². The van der Waals surface area contributed by atoms with Crippen LogP contribution in [0.1, 0.15) is 13.8 Å². The number of carbonyl (C=O) groups excluding carboxylic acids is 2. The summed E-state index contributed by atoms with van der Waals surface area (Å²) in [7, 11) is 1.67. The smallest absolute Gasteiger partial charge is 0.321 e. The van der Waals surface area contributed by atoms with Crippen molar-refractivity contribution in [2.24, 2.45) is 0 Å². The van der Waals surface area contributed by atoms with Crippen LogP contribution in [0.25, 0.3) is 0 Å². The van der Waals surface area contributed by atoms with Crippen molar-refractivity contribution in [3.05, 3.63) is 24.3 Å². The standard InChI is InChI=1S/C17H26N4O3/c1-4-18-17(23)19-16(22)13(2)20-9-11-21(12-10-20)14-7-5-6-8-15(14)24-3/h5-8,13H,4,9-12H2,1-3H3,(H2,18,19,22,23). The molecule has 132 valence electrons. The number of urea groups is 1. The maximum atomic E-state index is 12.1. The molecule has 2 rings (SSSR count). The van der Waals surface area contributed by atoms with Gasteiger partial charge in [0.1, 0.15) is 5.75 Å². The van der Waals surface area contributed by atoms with Crippen LogP contribution in [0, 0.1) is 0 Å². The Balaban J connectivity index is 1.90. The van der Waals surface area contributed by atoms with Crippen molar-refractivity contribution in [2.75, 3.05) is 44.7 Å². The molecule has 1 aliphatic rings. The first-order chi connectivity index (χ1) is 11.6. The van der Waals surface area contributed by atoms with E-state index in [0.717, 1.165) is 37.6 Å². The zero-order chi connectivity index (χ0) is 17.5. The van der Waals surface area contributed by atoms with Gasteiger partial charge in [-0.3, -0.25) is 15.0 Å². The lowest BCUT2D eigenvalue weighted by Crippen LogP contribution is -2.55. The van der Waals surface area contributed by atoms with Crippen LogP contribution in [0.5, 0.6) is 5.75 Å². The van der Waals surface area contributed by atoms with Crippen LogP contribution in [0.3, 0.4) is 0 Å². The minimum atomic E-state index is -0.443. The lowest BCUT2D eigenvalue weighted by Gasteiger charge is -2.38. The molecule has 1 atom stereocenters.